The Balaban J connectivity index is 2.38. The first-order valence-electron chi connectivity index (χ1n) is 3.68. The average Bonchev–Trinajstić information content (AvgIpc) is 2.16. The number of hydrogen-bond acceptors (Lipinski definition) is 3. The number of carbonyl (C=O) groups is 1. The lowest BCUT2D eigenvalue weighted by Gasteiger charge is -2.00. The maximum Gasteiger partial charge on any atom is 0.322 e. The monoisotopic (exact) mass is 152 g/mol. The van der Waals surface area contributed by atoms with Crippen molar-refractivity contribution in [3.05, 3.63) is 30.3 Å². The third-order valence-electron chi connectivity index (χ3n) is 1.21. The molecule has 0 saturated heterocycles. The number of carboxylic acid groups (broad SMARTS) is 1. The van der Waals surface area contributed by atoms with E-state index in [0.717, 1.165) is 5.69 Å². The first-order chi connectivity index (χ1) is 5.83. The summed E-state index contributed by atoms with van der Waals surface area (Å²) in [6.07, 6.45) is 0. The van der Waals surface area contributed by atoms with Gasteiger partial charge in [0, 0.05) is 5.69 Å². The van der Waals surface area contributed by atoms with Crippen LogP contribution < -0.4 is 5.32 Å². The molecule has 0 aliphatic heterocycles. The molecule has 58 valence electrons. The molecule has 3 heteroatoms. The van der Waals surface area contributed by atoms with E-state index >= 15 is 0 Å². The van der Waals surface area contributed by atoms with Gasteiger partial charge in [0.1, 0.15) is 6.54 Å². The van der Waals surface area contributed by atoms with E-state index in [1.165, 1.54) is 0 Å². The van der Waals surface area contributed by atoms with Gasteiger partial charge in [-0.05, 0) is 12.1 Å². The minimum absolute atomic E-state index is 0.0213. The summed E-state index contributed by atoms with van der Waals surface area (Å²) in [6, 6.07) is 9.26. The van der Waals surface area contributed by atoms with E-state index in [9.17, 15) is 4.79 Å². The Labute approximate surface area is 66.2 Å². The molecule has 0 unspecified atom stereocenters. The van der Waals surface area contributed by atoms with Gasteiger partial charge in [-0.3, -0.25) is 4.79 Å². The van der Waals surface area contributed by atoms with Crippen LogP contribution in [-0.2, 0) is 4.79 Å². The fourth-order valence-corrected chi connectivity index (χ4v) is 0.730. The fraction of sp³-hybridized carbons (Fsp3) is 0.125. The number of rotatable bonds is 3. The summed E-state index contributed by atoms with van der Waals surface area (Å²) in [5.74, 6) is -0.598. The maximum atomic E-state index is 10.5. The highest BCUT2D eigenvalue weighted by Crippen LogP contribution is 2.03. The normalized spacial score (nSPS) is 10.0. The highest BCUT2D eigenvalue weighted by Gasteiger charge is 1.93. The van der Waals surface area contributed by atoms with Gasteiger partial charge >= 0.3 is 5.97 Å². The van der Waals surface area contributed by atoms with E-state index < -0.39 is 5.97 Å². The van der Waals surface area contributed by atoms with E-state index in [1.54, 1.807) is 0 Å². The Kier molecular flexibility index (Phi) is 2.04. The summed E-state index contributed by atoms with van der Waals surface area (Å²) < 4.78 is 6.28. The van der Waals surface area contributed by atoms with Crippen LogP contribution in [-0.4, -0.2) is 17.6 Å². The molecule has 0 amide bonds. The Morgan fingerprint density at radius 2 is 2.27 bits per heavy atom. The first-order valence-corrected chi connectivity index (χ1v) is 3.28. The number of hydrogen-bond donors (Lipinski definition) is 2. The van der Waals surface area contributed by atoms with Crippen LogP contribution in [0, 0.1) is 0 Å². The van der Waals surface area contributed by atoms with Crippen LogP contribution in [0.1, 0.15) is 0 Å². The molecule has 1 aromatic rings. The quantitative estimate of drug-likeness (QED) is 0.683. The van der Waals surface area contributed by atoms with Crippen LogP contribution in [0.25, 0.3) is 1.43 Å². The first kappa shape index (κ1) is 6.22. The van der Waals surface area contributed by atoms with E-state index in [-0.39, 0.29) is 6.54 Å². The van der Waals surface area contributed by atoms with Crippen molar-refractivity contribution in [1.82, 2.24) is 0 Å². The van der Waals surface area contributed by atoms with E-state index in [4.69, 9.17) is 1.43 Å². The molecule has 0 spiro atoms. The molecule has 0 aliphatic rings. The van der Waals surface area contributed by atoms with Crippen LogP contribution in [0.5, 0.6) is 0 Å². The summed E-state index contributed by atoms with van der Waals surface area (Å²) in [4.78, 5) is 10.5. The number of benzene rings is 1. The Morgan fingerprint density at radius 1 is 1.55 bits per heavy atom. The molecule has 0 radical (unpaired) electrons. The van der Waals surface area contributed by atoms with Crippen molar-refractivity contribution < 1.29 is 9.90 Å². The molecular formula is C8H9NO2. The molecule has 3 nitrogen and oxygen atoms in total. The molecule has 0 fully saturated rings. The molecule has 0 aromatic heterocycles. The molecule has 0 heterocycles. The van der Waals surface area contributed by atoms with Crippen molar-refractivity contribution in [2.24, 2.45) is 0 Å². The van der Waals surface area contributed by atoms with Crippen LogP contribution in [0.15, 0.2) is 30.3 Å². The lowest BCUT2D eigenvalue weighted by atomic mass is 10.3. The highest BCUT2D eigenvalue weighted by atomic mass is 16.4. The second-order valence-corrected chi connectivity index (χ2v) is 2.09. The lowest BCUT2D eigenvalue weighted by molar-refractivity contribution is -0.134. The number of para-hydroxylation sites is 1. The number of aliphatic carboxylic acids is 1. The molecule has 1 rings (SSSR count). The van der Waals surface area contributed by atoms with E-state index in [0.29, 0.717) is 0 Å². The summed E-state index contributed by atoms with van der Waals surface area (Å²) in [7, 11) is 0. The Morgan fingerprint density at radius 3 is 2.91 bits per heavy atom. The second kappa shape index (κ2) is 3.61. The van der Waals surface area contributed by atoms with Crippen LogP contribution in [0.3, 0.4) is 0 Å². The van der Waals surface area contributed by atoms with Crippen molar-refractivity contribution in [2.45, 2.75) is 0 Å². The third kappa shape index (κ3) is 2.71. The van der Waals surface area contributed by atoms with Crippen molar-refractivity contribution in [2.75, 3.05) is 11.9 Å². The third-order valence-corrected chi connectivity index (χ3v) is 1.21. The van der Waals surface area contributed by atoms with Gasteiger partial charge in [0.25, 0.3) is 1.43 Å². The predicted octanol–water partition coefficient (Wildman–Crippen LogP) is 1.18. The van der Waals surface area contributed by atoms with E-state index in [1.807, 2.05) is 30.3 Å². The van der Waals surface area contributed by atoms with Gasteiger partial charge in [-0.1, -0.05) is 18.2 Å². The highest BCUT2D eigenvalue weighted by molar-refractivity contribution is 5.72. The lowest BCUT2D eigenvalue weighted by Crippen LogP contribution is -2.11. The average molecular weight is 152 g/mol. The van der Waals surface area contributed by atoms with Gasteiger partial charge < -0.3 is 10.4 Å². The number of nitrogens with one attached hydrogen (secondary N) is 1. The fourth-order valence-electron chi connectivity index (χ4n) is 0.730. The van der Waals surface area contributed by atoms with Gasteiger partial charge in [0.2, 0.25) is 0 Å². The minimum Gasteiger partial charge on any atom is -0.480 e. The summed E-state index contributed by atoms with van der Waals surface area (Å²) >= 11 is 0. The van der Waals surface area contributed by atoms with Gasteiger partial charge in [-0.2, -0.15) is 0 Å². The molecule has 0 aliphatic carbocycles. The zero-order valence-corrected chi connectivity index (χ0v) is 5.91. The van der Waals surface area contributed by atoms with Crippen LogP contribution in [0.2, 0.25) is 0 Å². The van der Waals surface area contributed by atoms with Crippen molar-refractivity contribution in [1.29, 1.82) is 1.43 Å². The molecule has 0 saturated carbocycles. The molecule has 11 heavy (non-hydrogen) atoms. The Hall–Kier alpha value is -1.51. The number of carboxylic acids is 1. The zero-order valence-electron chi connectivity index (χ0n) is 6.91. The van der Waals surface area contributed by atoms with Crippen molar-refractivity contribution >= 4 is 11.7 Å². The second-order valence-electron chi connectivity index (χ2n) is 2.09. The van der Waals surface area contributed by atoms with Gasteiger partial charge in [-0.15, -0.1) is 0 Å². The molecule has 0 bridgehead atoms. The molecule has 1 aromatic carbocycles. The SMILES string of the molecule is [2H]OC(=O)CNc1ccccc1. The summed E-state index contributed by atoms with van der Waals surface area (Å²) in [5.41, 5.74) is 0.836. The summed E-state index contributed by atoms with van der Waals surface area (Å²) in [5, 5.41) is 6.52. The Bertz CT molecular complexity index is 250. The van der Waals surface area contributed by atoms with Crippen molar-refractivity contribution in [3.63, 3.8) is 0 Å². The van der Waals surface area contributed by atoms with Gasteiger partial charge in [0.15, 0.2) is 0 Å². The van der Waals surface area contributed by atoms with Crippen molar-refractivity contribution in [3.8, 4) is 0 Å². The molecule has 2 N–H and O–H groups in total. The summed E-state index contributed by atoms with van der Waals surface area (Å²) in [6.45, 7) is 0.0213. The van der Waals surface area contributed by atoms with Crippen LogP contribution >= 0.6 is 0 Å². The standard InChI is InChI=1S/C8H9NO2/c10-8(11)6-9-7-4-2-1-3-5-7/h1-5,9H,6H2,(H,10,11)/i/hD. The largest absolute Gasteiger partial charge is 0.480 e. The van der Waals surface area contributed by atoms with Crippen LogP contribution in [0.4, 0.5) is 5.69 Å². The van der Waals surface area contributed by atoms with E-state index in [2.05, 4.69) is 10.4 Å². The molecule has 0 atom stereocenters. The van der Waals surface area contributed by atoms with Gasteiger partial charge in [-0.25, -0.2) is 0 Å². The topological polar surface area (TPSA) is 49.3 Å². The number of anilines is 1. The molecular weight excluding hydrogens is 142 g/mol. The van der Waals surface area contributed by atoms with Gasteiger partial charge in [0.05, 0.1) is 0 Å². The predicted molar refractivity (Wildman–Crippen MR) is 42.6 cm³/mol. The smallest absolute Gasteiger partial charge is 0.322 e. The minimum atomic E-state index is -0.598. The maximum absolute atomic E-state index is 10.5. The zero-order chi connectivity index (χ0) is 8.81.